The maximum atomic E-state index is 12.6. The Kier molecular flexibility index (Phi) is 8.94. The lowest BCUT2D eigenvalue weighted by atomic mass is 9.81. The quantitative estimate of drug-likeness (QED) is 0.266. The van der Waals surface area contributed by atoms with Crippen molar-refractivity contribution in [2.45, 2.75) is 20.0 Å². The summed E-state index contributed by atoms with van der Waals surface area (Å²) >= 11 is 0. The third kappa shape index (κ3) is 6.93. The number of hydrogen-bond donors (Lipinski definition) is 4. The van der Waals surface area contributed by atoms with E-state index in [1.807, 2.05) is 0 Å². The number of imide groups is 1. The molecule has 4 N–H and O–H groups in total. The number of hydrogen-bond acceptors (Lipinski definition) is 7. The van der Waals surface area contributed by atoms with Crippen LogP contribution in [0.15, 0.2) is 66.7 Å². The highest BCUT2D eigenvalue weighted by Crippen LogP contribution is 2.41. The van der Waals surface area contributed by atoms with E-state index < -0.39 is 29.4 Å². The van der Waals surface area contributed by atoms with Gasteiger partial charge in [-0.05, 0) is 18.2 Å². The molecule has 0 saturated carbocycles. The molecule has 3 amide bonds. The van der Waals surface area contributed by atoms with Gasteiger partial charge in [0, 0.05) is 22.6 Å². The molecular formula is C23H26N2O7. The average molecular weight is 442 g/mol. The predicted octanol–water partition coefficient (Wildman–Crippen LogP) is 2.75. The van der Waals surface area contributed by atoms with Crippen LogP contribution in [-0.2, 0) is 9.53 Å². The van der Waals surface area contributed by atoms with Crippen molar-refractivity contribution in [3.63, 3.8) is 0 Å². The highest BCUT2D eigenvalue weighted by molar-refractivity contribution is 6.02. The summed E-state index contributed by atoms with van der Waals surface area (Å²) in [6.07, 6.45) is 0.566. The molecule has 2 aromatic carbocycles. The van der Waals surface area contributed by atoms with Crippen molar-refractivity contribution in [2.75, 3.05) is 13.2 Å². The van der Waals surface area contributed by atoms with E-state index in [1.54, 1.807) is 68.4 Å². The van der Waals surface area contributed by atoms with Crippen LogP contribution in [0, 0.1) is 5.41 Å². The minimum absolute atomic E-state index is 0.0195. The molecule has 0 radical (unpaired) electrons. The zero-order chi connectivity index (χ0) is 23.6. The summed E-state index contributed by atoms with van der Waals surface area (Å²) < 4.78 is 11.2. The third-order valence-electron chi connectivity index (χ3n) is 4.48. The van der Waals surface area contributed by atoms with Gasteiger partial charge >= 0.3 is 6.09 Å². The molecule has 32 heavy (non-hydrogen) atoms. The highest BCUT2D eigenvalue weighted by atomic mass is 16.6. The van der Waals surface area contributed by atoms with Crippen molar-refractivity contribution in [3.05, 3.63) is 77.9 Å². The second-order valence-corrected chi connectivity index (χ2v) is 7.35. The largest absolute Gasteiger partial charge is 0.491 e. The monoisotopic (exact) mass is 442 g/mol. The van der Waals surface area contributed by atoms with Gasteiger partial charge in [0.05, 0.1) is 6.61 Å². The topological polar surface area (TPSA) is 134 Å². The molecule has 2 aromatic rings. The van der Waals surface area contributed by atoms with Crippen molar-refractivity contribution < 1.29 is 34.2 Å². The van der Waals surface area contributed by atoms with E-state index in [4.69, 9.17) is 19.8 Å². The number of amides is 3. The van der Waals surface area contributed by atoms with E-state index in [-0.39, 0.29) is 18.8 Å². The SMILES string of the molecule is CC(C)(/C=C/C(=O)NO)[C@@H](OC(=O)NC(=O)c1ccccc1)c1ccccc1OCCO. The average Bonchev–Trinajstić information content (AvgIpc) is 2.80. The summed E-state index contributed by atoms with van der Waals surface area (Å²) in [5, 5.41) is 20.0. The molecule has 2 rings (SSSR count). The van der Waals surface area contributed by atoms with Gasteiger partial charge in [0.25, 0.3) is 11.8 Å². The minimum atomic E-state index is -0.997. The molecule has 0 fully saturated rings. The minimum Gasteiger partial charge on any atom is -0.491 e. The number of hydroxylamine groups is 1. The molecule has 0 bridgehead atoms. The van der Waals surface area contributed by atoms with Gasteiger partial charge in [-0.15, -0.1) is 0 Å². The fourth-order valence-electron chi connectivity index (χ4n) is 2.91. The number of ether oxygens (including phenoxy) is 2. The Morgan fingerprint density at radius 1 is 1.06 bits per heavy atom. The lowest BCUT2D eigenvalue weighted by Crippen LogP contribution is -2.35. The van der Waals surface area contributed by atoms with Crippen LogP contribution < -0.4 is 15.5 Å². The summed E-state index contributed by atoms with van der Waals surface area (Å²) in [7, 11) is 0. The lowest BCUT2D eigenvalue weighted by Gasteiger charge is -2.32. The van der Waals surface area contributed by atoms with Gasteiger partial charge in [0.1, 0.15) is 18.5 Å². The molecule has 0 unspecified atom stereocenters. The second-order valence-electron chi connectivity index (χ2n) is 7.35. The number of rotatable bonds is 9. The maximum absolute atomic E-state index is 12.6. The smallest absolute Gasteiger partial charge is 0.414 e. The maximum Gasteiger partial charge on any atom is 0.414 e. The summed E-state index contributed by atoms with van der Waals surface area (Å²) in [6, 6.07) is 14.9. The molecule has 170 valence electrons. The summed E-state index contributed by atoms with van der Waals surface area (Å²) in [5.74, 6) is -1.03. The highest BCUT2D eigenvalue weighted by Gasteiger charge is 2.35. The van der Waals surface area contributed by atoms with E-state index in [0.29, 0.717) is 11.3 Å². The molecule has 0 aliphatic heterocycles. The zero-order valence-electron chi connectivity index (χ0n) is 17.8. The van der Waals surface area contributed by atoms with Crippen LogP contribution in [0.4, 0.5) is 4.79 Å². The molecule has 0 saturated heterocycles. The normalized spacial score (nSPS) is 12.1. The standard InChI is InChI=1S/C23H26N2O7/c1-23(2,13-12-19(27)25-30)20(17-10-6-7-11-18(17)31-15-14-26)32-22(29)24-21(28)16-8-4-3-5-9-16/h3-13,20,26,30H,14-15H2,1-2H3,(H,25,27)(H,24,28,29)/b13-12+/t20-/m0/s1. The van der Waals surface area contributed by atoms with Gasteiger partial charge in [0.15, 0.2) is 0 Å². The molecule has 0 aliphatic rings. The first-order valence-corrected chi connectivity index (χ1v) is 9.81. The van der Waals surface area contributed by atoms with E-state index in [0.717, 1.165) is 6.08 Å². The number of aliphatic hydroxyl groups excluding tert-OH is 1. The number of carbonyl (C=O) groups excluding carboxylic acids is 3. The second kappa shape index (κ2) is 11.6. The van der Waals surface area contributed by atoms with Gasteiger partial charge in [-0.3, -0.25) is 20.1 Å². The fraction of sp³-hybridized carbons (Fsp3) is 0.261. The van der Waals surface area contributed by atoms with E-state index in [2.05, 4.69) is 5.32 Å². The Morgan fingerprint density at radius 3 is 2.38 bits per heavy atom. The molecule has 0 aromatic heterocycles. The van der Waals surface area contributed by atoms with Crippen molar-refractivity contribution in [1.82, 2.24) is 10.8 Å². The summed E-state index contributed by atoms with van der Waals surface area (Å²) in [5.41, 5.74) is 1.27. The van der Waals surface area contributed by atoms with Crippen molar-refractivity contribution in [2.24, 2.45) is 5.41 Å². The van der Waals surface area contributed by atoms with Crippen LogP contribution in [0.2, 0.25) is 0 Å². The lowest BCUT2D eigenvalue weighted by molar-refractivity contribution is -0.124. The van der Waals surface area contributed by atoms with Gasteiger partial charge in [0.2, 0.25) is 0 Å². The number of alkyl carbamates (subject to hydrolysis) is 1. The van der Waals surface area contributed by atoms with Crippen LogP contribution in [0.3, 0.4) is 0 Å². The summed E-state index contributed by atoms with van der Waals surface area (Å²) in [6.45, 7) is 3.21. The van der Waals surface area contributed by atoms with Crippen LogP contribution in [0.5, 0.6) is 5.75 Å². The van der Waals surface area contributed by atoms with Crippen molar-refractivity contribution >= 4 is 17.9 Å². The molecule has 9 heteroatoms. The molecule has 0 aliphatic carbocycles. The first kappa shape index (κ1) is 24.6. The first-order chi connectivity index (χ1) is 15.3. The van der Waals surface area contributed by atoms with Crippen LogP contribution >= 0.6 is 0 Å². The Bertz CT molecular complexity index is 958. The summed E-state index contributed by atoms with van der Waals surface area (Å²) in [4.78, 5) is 36.4. The Hall–Kier alpha value is -3.69. The van der Waals surface area contributed by atoms with Crippen molar-refractivity contribution in [3.8, 4) is 5.75 Å². The number of aliphatic hydroxyl groups is 1. The van der Waals surface area contributed by atoms with Crippen LogP contribution in [-0.4, -0.2) is 41.4 Å². The van der Waals surface area contributed by atoms with Gasteiger partial charge in [-0.1, -0.05) is 56.3 Å². The zero-order valence-corrected chi connectivity index (χ0v) is 17.8. The van der Waals surface area contributed by atoms with Gasteiger partial charge in [-0.2, -0.15) is 0 Å². The molecule has 9 nitrogen and oxygen atoms in total. The van der Waals surface area contributed by atoms with E-state index in [1.165, 1.54) is 11.6 Å². The fourth-order valence-corrected chi connectivity index (χ4v) is 2.91. The molecular weight excluding hydrogens is 416 g/mol. The van der Waals surface area contributed by atoms with E-state index >= 15 is 0 Å². The Morgan fingerprint density at radius 2 is 1.72 bits per heavy atom. The van der Waals surface area contributed by atoms with Crippen LogP contribution in [0.1, 0.15) is 35.9 Å². The third-order valence-corrected chi connectivity index (χ3v) is 4.48. The van der Waals surface area contributed by atoms with Gasteiger partial charge < -0.3 is 14.6 Å². The number of para-hydroxylation sites is 1. The Labute approximate surface area is 185 Å². The predicted molar refractivity (Wildman–Crippen MR) is 115 cm³/mol. The Balaban J connectivity index is 2.34. The van der Waals surface area contributed by atoms with Crippen LogP contribution in [0.25, 0.3) is 0 Å². The van der Waals surface area contributed by atoms with Crippen molar-refractivity contribution in [1.29, 1.82) is 0 Å². The molecule has 1 atom stereocenters. The van der Waals surface area contributed by atoms with Gasteiger partial charge in [-0.25, -0.2) is 10.3 Å². The first-order valence-electron chi connectivity index (χ1n) is 9.81. The number of nitrogens with one attached hydrogen (secondary N) is 2. The molecule has 0 heterocycles. The number of carbonyl (C=O) groups is 3. The number of benzene rings is 2. The molecule has 0 spiro atoms. The van der Waals surface area contributed by atoms with E-state index in [9.17, 15) is 14.4 Å².